The topological polar surface area (TPSA) is 85.8 Å². The van der Waals surface area contributed by atoms with Gasteiger partial charge in [-0.05, 0) is 25.1 Å². The number of nitrogens with zero attached hydrogens (tertiary/aromatic N) is 2. The molecule has 0 radical (unpaired) electrons. The quantitative estimate of drug-likeness (QED) is 0.626. The minimum Gasteiger partial charge on any atom is -0.496 e. The molecule has 0 saturated carbocycles. The third-order valence-electron chi connectivity index (χ3n) is 3.16. The number of hydrogen-bond donors (Lipinski definition) is 0. The SMILES string of the molecule is COc1ccc([N+](=O)[O-])cc1C(=O)N(C)Cc1ccc(C)o1. The highest BCUT2D eigenvalue weighted by atomic mass is 16.6. The van der Waals surface area contributed by atoms with Crippen molar-refractivity contribution in [3.8, 4) is 5.75 Å². The highest BCUT2D eigenvalue weighted by Crippen LogP contribution is 2.25. The highest BCUT2D eigenvalue weighted by Gasteiger charge is 2.21. The van der Waals surface area contributed by atoms with E-state index in [-0.39, 0.29) is 29.5 Å². The van der Waals surface area contributed by atoms with E-state index in [1.54, 1.807) is 13.1 Å². The summed E-state index contributed by atoms with van der Waals surface area (Å²) in [6, 6.07) is 7.51. The second-order valence-electron chi connectivity index (χ2n) is 4.82. The largest absolute Gasteiger partial charge is 0.496 e. The Hall–Kier alpha value is -2.83. The van der Waals surface area contributed by atoms with Crippen LogP contribution in [0.3, 0.4) is 0 Å². The van der Waals surface area contributed by atoms with E-state index in [4.69, 9.17) is 9.15 Å². The zero-order valence-corrected chi connectivity index (χ0v) is 12.5. The Morgan fingerprint density at radius 3 is 2.64 bits per heavy atom. The van der Waals surface area contributed by atoms with E-state index in [9.17, 15) is 14.9 Å². The highest BCUT2D eigenvalue weighted by molar-refractivity contribution is 5.97. The molecule has 7 nitrogen and oxygen atoms in total. The first-order chi connectivity index (χ1) is 10.4. The maximum absolute atomic E-state index is 12.5. The predicted molar refractivity (Wildman–Crippen MR) is 78.9 cm³/mol. The molecule has 0 atom stereocenters. The van der Waals surface area contributed by atoms with Crippen molar-refractivity contribution in [2.75, 3.05) is 14.2 Å². The number of carbonyl (C=O) groups excluding carboxylic acids is 1. The summed E-state index contributed by atoms with van der Waals surface area (Å²) >= 11 is 0. The maximum atomic E-state index is 12.5. The number of aryl methyl sites for hydroxylation is 1. The number of methoxy groups -OCH3 is 1. The smallest absolute Gasteiger partial charge is 0.270 e. The van der Waals surface area contributed by atoms with Crippen LogP contribution in [0.25, 0.3) is 0 Å². The number of nitro benzene ring substituents is 1. The number of hydrogen-bond acceptors (Lipinski definition) is 5. The average molecular weight is 304 g/mol. The summed E-state index contributed by atoms with van der Waals surface area (Å²) in [5.74, 6) is 1.30. The maximum Gasteiger partial charge on any atom is 0.270 e. The zero-order chi connectivity index (χ0) is 16.3. The summed E-state index contributed by atoms with van der Waals surface area (Å²) in [6.07, 6.45) is 0. The lowest BCUT2D eigenvalue weighted by molar-refractivity contribution is -0.384. The molecule has 0 bridgehead atoms. The van der Waals surface area contributed by atoms with Crippen LogP contribution in [0.1, 0.15) is 21.9 Å². The van der Waals surface area contributed by atoms with Crippen LogP contribution in [-0.2, 0) is 6.54 Å². The number of benzene rings is 1. The molecular weight excluding hydrogens is 288 g/mol. The number of furan rings is 1. The fraction of sp³-hybridized carbons (Fsp3) is 0.267. The van der Waals surface area contributed by atoms with Crippen molar-refractivity contribution in [3.05, 3.63) is 57.5 Å². The standard InChI is InChI=1S/C15H16N2O5/c1-10-4-6-12(22-10)9-16(2)15(18)13-8-11(17(19)20)5-7-14(13)21-3/h4-8H,9H2,1-3H3. The fourth-order valence-electron chi connectivity index (χ4n) is 2.06. The molecule has 7 heteroatoms. The lowest BCUT2D eigenvalue weighted by atomic mass is 10.1. The van der Waals surface area contributed by atoms with Crippen LogP contribution >= 0.6 is 0 Å². The van der Waals surface area contributed by atoms with E-state index >= 15 is 0 Å². The molecule has 2 aromatic rings. The Morgan fingerprint density at radius 1 is 1.36 bits per heavy atom. The van der Waals surface area contributed by atoms with Crippen molar-refractivity contribution in [3.63, 3.8) is 0 Å². The number of amides is 1. The summed E-state index contributed by atoms with van der Waals surface area (Å²) in [5.41, 5.74) is -0.0196. The van der Waals surface area contributed by atoms with Crippen molar-refractivity contribution in [2.24, 2.45) is 0 Å². The first-order valence-electron chi connectivity index (χ1n) is 6.55. The summed E-state index contributed by atoms with van der Waals surface area (Å²) in [6.45, 7) is 2.08. The molecule has 1 aromatic carbocycles. The lowest BCUT2D eigenvalue weighted by Gasteiger charge is -2.17. The summed E-state index contributed by atoms with van der Waals surface area (Å²) in [5, 5.41) is 10.9. The monoisotopic (exact) mass is 304 g/mol. The lowest BCUT2D eigenvalue weighted by Crippen LogP contribution is -2.26. The van der Waals surface area contributed by atoms with Crippen LogP contribution in [0.5, 0.6) is 5.75 Å². The van der Waals surface area contributed by atoms with Crippen molar-refractivity contribution < 1.29 is 18.9 Å². The van der Waals surface area contributed by atoms with Gasteiger partial charge in [0.05, 0.1) is 24.1 Å². The molecule has 1 heterocycles. The zero-order valence-electron chi connectivity index (χ0n) is 12.5. The van der Waals surface area contributed by atoms with E-state index in [0.29, 0.717) is 5.76 Å². The molecule has 116 valence electrons. The normalized spacial score (nSPS) is 10.3. The predicted octanol–water partition coefficient (Wildman–Crippen LogP) is 2.78. The van der Waals surface area contributed by atoms with Crippen molar-refractivity contribution >= 4 is 11.6 Å². The Bertz CT molecular complexity index is 708. The van der Waals surface area contributed by atoms with Crippen molar-refractivity contribution in [1.29, 1.82) is 0 Å². The molecule has 2 rings (SSSR count). The molecular formula is C15H16N2O5. The molecule has 0 spiro atoms. The Labute approximate surface area is 127 Å². The average Bonchev–Trinajstić information content (AvgIpc) is 2.90. The van der Waals surface area contributed by atoms with Gasteiger partial charge in [-0.2, -0.15) is 0 Å². The molecule has 22 heavy (non-hydrogen) atoms. The third-order valence-corrected chi connectivity index (χ3v) is 3.16. The van der Waals surface area contributed by atoms with Crippen molar-refractivity contribution in [1.82, 2.24) is 4.90 Å². The third kappa shape index (κ3) is 3.25. The van der Waals surface area contributed by atoms with Gasteiger partial charge in [0, 0.05) is 19.2 Å². The van der Waals surface area contributed by atoms with Crippen LogP contribution in [-0.4, -0.2) is 29.9 Å². The van der Waals surface area contributed by atoms with Crippen LogP contribution in [0.2, 0.25) is 0 Å². The van der Waals surface area contributed by atoms with Crippen LogP contribution in [0.15, 0.2) is 34.7 Å². The van der Waals surface area contributed by atoms with Gasteiger partial charge in [-0.1, -0.05) is 0 Å². The summed E-state index contributed by atoms with van der Waals surface area (Å²) in [4.78, 5) is 24.2. The van der Waals surface area contributed by atoms with E-state index in [2.05, 4.69) is 0 Å². The van der Waals surface area contributed by atoms with Gasteiger partial charge in [0.15, 0.2) is 0 Å². The molecule has 0 fully saturated rings. The van der Waals surface area contributed by atoms with Gasteiger partial charge in [0.25, 0.3) is 11.6 Å². The first-order valence-corrected chi connectivity index (χ1v) is 6.55. The number of ether oxygens (including phenoxy) is 1. The summed E-state index contributed by atoms with van der Waals surface area (Å²) in [7, 11) is 3.01. The Kier molecular flexibility index (Phi) is 4.45. The summed E-state index contributed by atoms with van der Waals surface area (Å²) < 4.78 is 10.5. The van der Waals surface area contributed by atoms with Gasteiger partial charge in [0.2, 0.25) is 0 Å². The van der Waals surface area contributed by atoms with Gasteiger partial charge in [-0.25, -0.2) is 0 Å². The number of carbonyl (C=O) groups is 1. The van der Waals surface area contributed by atoms with Gasteiger partial charge in [-0.15, -0.1) is 0 Å². The second-order valence-corrected chi connectivity index (χ2v) is 4.82. The van der Waals surface area contributed by atoms with E-state index in [1.807, 2.05) is 13.0 Å². The minimum absolute atomic E-state index is 0.141. The Morgan fingerprint density at radius 2 is 2.09 bits per heavy atom. The van der Waals surface area contributed by atoms with Gasteiger partial charge in [-0.3, -0.25) is 14.9 Å². The number of nitro groups is 1. The molecule has 1 amide bonds. The molecule has 0 aliphatic carbocycles. The molecule has 0 saturated heterocycles. The van der Waals surface area contributed by atoms with Gasteiger partial charge < -0.3 is 14.1 Å². The van der Waals surface area contributed by atoms with E-state index < -0.39 is 4.92 Å². The molecule has 0 aliphatic rings. The number of rotatable bonds is 5. The second kappa shape index (κ2) is 6.30. The minimum atomic E-state index is -0.549. The molecule has 1 aromatic heterocycles. The molecule has 0 unspecified atom stereocenters. The van der Waals surface area contributed by atoms with Crippen molar-refractivity contribution in [2.45, 2.75) is 13.5 Å². The van der Waals surface area contributed by atoms with E-state index in [1.165, 1.54) is 30.2 Å². The molecule has 0 aliphatic heterocycles. The Balaban J connectivity index is 2.27. The molecule has 0 N–H and O–H groups in total. The number of non-ortho nitro benzene ring substituents is 1. The van der Waals surface area contributed by atoms with Crippen LogP contribution in [0, 0.1) is 17.0 Å². The fourth-order valence-corrected chi connectivity index (χ4v) is 2.06. The van der Waals surface area contributed by atoms with Gasteiger partial charge in [0.1, 0.15) is 17.3 Å². The van der Waals surface area contributed by atoms with Gasteiger partial charge >= 0.3 is 0 Å². The van der Waals surface area contributed by atoms with E-state index in [0.717, 1.165) is 5.76 Å². The van der Waals surface area contributed by atoms with Crippen LogP contribution < -0.4 is 4.74 Å². The van der Waals surface area contributed by atoms with Crippen LogP contribution in [0.4, 0.5) is 5.69 Å². The first kappa shape index (κ1) is 15.6.